The molecule has 0 radical (unpaired) electrons. The van der Waals surface area contributed by atoms with Gasteiger partial charge < -0.3 is 24.8 Å². The SMILES string of the molecule is CC(COCC(C)(CO)CO)OCCO. The minimum Gasteiger partial charge on any atom is -0.396 e. The third kappa shape index (κ3) is 6.81. The normalized spacial score (nSPS) is 14.2. The molecule has 0 bridgehead atoms. The molecule has 5 heteroatoms. The molecule has 3 N–H and O–H groups in total. The van der Waals surface area contributed by atoms with Gasteiger partial charge in [-0.05, 0) is 6.92 Å². The molecule has 0 amide bonds. The highest BCUT2D eigenvalue weighted by atomic mass is 16.5. The Kier molecular flexibility index (Phi) is 7.90. The number of hydrogen-bond acceptors (Lipinski definition) is 5. The molecule has 0 aromatic carbocycles. The van der Waals surface area contributed by atoms with Crippen LogP contribution >= 0.6 is 0 Å². The molecule has 1 unspecified atom stereocenters. The van der Waals surface area contributed by atoms with E-state index in [2.05, 4.69) is 0 Å². The summed E-state index contributed by atoms with van der Waals surface area (Å²) in [6, 6.07) is 0. The van der Waals surface area contributed by atoms with E-state index in [1.165, 1.54) is 0 Å². The fourth-order valence-electron chi connectivity index (χ4n) is 0.915. The third-order valence-corrected chi connectivity index (χ3v) is 2.06. The lowest BCUT2D eigenvalue weighted by atomic mass is 9.95. The zero-order valence-corrected chi connectivity index (χ0v) is 9.48. The van der Waals surface area contributed by atoms with E-state index in [0.29, 0.717) is 13.2 Å². The number of aliphatic hydroxyl groups is 3. The van der Waals surface area contributed by atoms with E-state index >= 15 is 0 Å². The summed E-state index contributed by atoms with van der Waals surface area (Å²) >= 11 is 0. The van der Waals surface area contributed by atoms with Crippen molar-refractivity contribution in [3.8, 4) is 0 Å². The first-order valence-electron chi connectivity index (χ1n) is 5.10. The van der Waals surface area contributed by atoms with Crippen LogP contribution in [-0.4, -0.2) is 61.1 Å². The number of rotatable bonds is 9. The number of aliphatic hydroxyl groups excluding tert-OH is 3. The average Bonchev–Trinajstić information content (AvgIpc) is 2.26. The molecule has 0 saturated carbocycles. The molecule has 5 nitrogen and oxygen atoms in total. The van der Waals surface area contributed by atoms with Crippen LogP contribution in [0.1, 0.15) is 13.8 Å². The van der Waals surface area contributed by atoms with Crippen molar-refractivity contribution in [2.24, 2.45) is 5.41 Å². The van der Waals surface area contributed by atoms with Gasteiger partial charge in [0.25, 0.3) is 0 Å². The van der Waals surface area contributed by atoms with Crippen LogP contribution in [0, 0.1) is 5.41 Å². The van der Waals surface area contributed by atoms with Gasteiger partial charge in [-0.15, -0.1) is 0 Å². The van der Waals surface area contributed by atoms with E-state index in [1.54, 1.807) is 6.92 Å². The molecule has 0 aromatic heterocycles. The molecule has 0 aliphatic heterocycles. The molecule has 0 aromatic rings. The Labute approximate surface area is 90.6 Å². The maximum Gasteiger partial charge on any atom is 0.0781 e. The molecular weight excluding hydrogens is 200 g/mol. The van der Waals surface area contributed by atoms with Crippen molar-refractivity contribution in [3.63, 3.8) is 0 Å². The molecule has 92 valence electrons. The van der Waals surface area contributed by atoms with Crippen LogP contribution in [0.3, 0.4) is 0 Å². The van der Waals surface area contributed by atoms with Crippen molar-refractivity contribution in [3.05, 3.63) is 0 Å². The number of hydrogen-bond donors (Lipinski definition) is 3. The second-order valence-electron chi connectivity index (χ2n) is 4.05. The van der Waals surface area contributed by atoms with Crippen LogP contribution in [0.2, 0.25) is 0 Å². The summed E-state index contributed by atoms with van der Waals surface area (Å²) in [4.78, 5) is 0. The van der Waals surface area contributed by atoms with Gasteiger partial charge in [0.2, 0.25) is 0 Å². The molecule has 0 fully saturated rings. The van der Waals surface area contributed by atoms with E-state index < -0.39 is 5.41 Å². The zero-order chi connectivity index (χ0) is 11.7. The summed E-state index contributed by atoms with van der Waals surface area (Å²) in [5, 5.41) is 26.5. The Balaban J connectivity index is 3.59. The lowest BCUT2D eigenvalue weighted by Crippen LogP contribution is -2.33. The first-order chi connectivity index (χ1) is 7.08. The van der Waals surface area contributed by atoms with Crippen molar-refractivity contribution >= 4 is 0 Å². The minimum absolute atomic E-state index is 0.00463. The van der Waals surface area contributed by atoms with Crippen LogP contribution in [-0.2, 0) is 9.47 Å². The fraction of sp³-hybridized carbons (Fsp3) is 1.00. The zero-order valence-electron chi connectivity index (χ0n) is 9.48. The van der Waals surface area contributed by atoms with Crippen molar-refractivity contribution in [1.29, 1.82) is 0 Å². The van der Waals surface area contributed by atoms with E-state index in [0.717, 1.165) is 0 Å². The summed E-state index contributed by atoms with van der Waals surface area (Å²) in [5.41, 5.74) is -0.600. The van der Waals surface area contributed by atoms with Gasteiger partial charge in [0.1, 0.15) is 0 Å². The maximum absolute atomic E-state index is 8.99. The van der Waals surface area contributed by atoms with E-state index in [9.17, 15) is 0 Å². The monoisotopic (exact) mass is 222 g/mol. The lowest BCUT2D eigenvalue weighted by molar-refractivity contribution is -0.0594. The highest BCUT2D eigenvalue weighted by Gasteiger charge is 2.22. The molecule has 0 spiro atoms. The van der Waals surface area contributed by atoms with Crippen molar-refractivity contribution in [2.45, 2.75) is 20.0 Å². The Hall–Kier alpha value is -0.200. The lowest BCUT2D eigenvalue weighted by Gasteiger charge is -2.25. The predicted octanol–water partition coefficient (Wildman–Crippen LogP) is -0.609. The standard InChI is InChI=1S/C10H22O5/c1-9(15-4-3-11)5-14-8-10(2,6-12)7-13/h9,11-13H,3-8H2,1-2H3. The first-order valence-corrected chi connectivity index (χ1v) is 5.10. The Morgan fingerprint density at radius 1 is 1.20 bits per heavy atom. The second-order valence-corrected chi connectivity index (χ2v) is 4.05. The van der Waals surface area contributed by atoms with Crippen LogP contribution < -0.4 is 0 Å². The van der Waals surface area contributed by atoms with Gasteiger partial charge in [-0.25, -0.2) is 0 Å². The van der Waals surface area contributed by atoms with Gasteiger partial charge >= 0.3 is 0 Å². The Bertz CT molecular complexity index is 147. The largest absolute Gasteiger partial charge is 0.396 e. The van der Waals surface area contributed by atoms with Crippen LogP contribution in [0.15, 0.2) is 0 Å². The van der Waals surface area contributed by atoms with Crippen LogP contribution in [0.4, 0.5) is 0 Å². The average molecular weight is 222 g/mol. The Morgan fingerprint density at radius 2 is 1.80 bits per heavy atom. The summed E-state index contributed by atoms with van der Waals surface area (Å²) in [6.07, 6.45) is -0.0983. The predicted molar refractivity (Wildman–Crippen MR) is 55.6 cm³/mol. The summed E-state index contributed by atoms with van der Waals surface area (Å²) in [5.74, 6) is 0. The molecule has 15 heavy (non-hydrogen) atoms. The van der Waals surface area contributed by atoms with Gasteiger partial charge in [0.05, 0.1) is 45.7 Å². The number of ether oxygens (including phenoxy) is 2. The molecule has 0 aliphatic carbocycles. The first kappa shape index (κ1) is 14.8. The topological polar surface area (TPSA) is 79.2 Å². The molecule has 0 rings (SSSR count). The quantitative estimate of drug-likeness (QED) is 0.485. The summed E-state index contributed by atoms with van der Waals surface area (Å²) in [7, 11) is 0. The highest BCUT2D eigenvalue weighted by molar-refractivity contribution is 4.71. The second kappa shape index (κ2) is 8.01. The smallest absolute Gasteiger partial charge is 0.0781 e. The highest BCUT2D eigenvalue weighted by Crippen LogP contribution is 2.14. The minimum atomic E-state index is -0.600. The van der Waals surface area contributed by atoms with Crippen molar-refractivity contribution in [1.82, 2.24) is 0 Å². The molecule has 0 aliphatic rings. The van der Waals surface area contributed by atoms with Crippen LogP contribution in [0.25, 0.3) is 0 Å². The van der Waals surface area contributed by atoms with Crippen molar-refractivity contribution < 1.29 is 24.8 Å². The van der Waals surface area contributed by atoms with Gasteiger partial charge in [0.15, 0.2) is 0 Å². The van der Waals surface area contributed by atoms with Gasteiger partial charge in [-0.3, -0.25) is 0 Å². The molecule has 0 heterocycles. The molecular formula is C10H22O5. The maximum atomic E-state index is 8.99. The third-order valence-electron chi connectivity index (χ3n) is 2.06. The van der Waals surface area contributed by atoms with Gasteiger partial charge in [0, 0.05) is 5.41 Å². The van der Waals surface area contributed by atoms with Gasteiger partial charge in [-0.2, -0.15) is 0 Å². The van der Waals surface area contributed by atoms with Gasteiger partial charge in [-0.1, -0.05) is 6.92 Å². The summed E-state index contributed by atoms with van der Waals surface area (Å²) < 4.78 is 10.5. The van der Waals surface area contributed by atoms with E-state index in [4.69, 9.17) is 24.8 Å². The van der Waals surface area contributed by atoms with Crippen molar-refractivity contribution in [2.75, 3.05) is 39.6 Å². The molecule has 1 atom stereocenters. The van der Waals surface area contributed by atoms with E-state index in [-0.39, 0.29) is 32.5 Å². The van der Waals surface area contributed by atoms with Crippen LogP contribution in [0.5, 0.6) is 0 Å². The fourth-order valence-corrected chi connectivity index (χ4v) is 0.915. The Morgan fingerprint density at radius 3 is 2.27 bits per heavy atom. The summed E-state index contributed by atoms with van der Waals surface area (Å²) in [6.45, 7) is 4.31. The van der Waals surface area contributed by atoms with E-state index in [1.807, 2.05) is 6.92 Å². The molecule has 0 saturated heterocycles.